The van der Waals surface area contributed by atoms with E-state index in [0.29, 0.717) is 5.92 Å². The third-order valence-corrected chi connectivity index (χ3v) is 5.56. The van der Waals surface area contributed by atoms with Crippen molar-refractivity contribution in [1.82, 2.24) is 20.0 Å². The van der Waals surface area contributed by atoms with Crippen LogP contribution in [-0.2, 0) is 13.5 Å². The lowest BCUT2D eigenvalue weighted by atomic mass is 10.0. The summed E-state index contributed by atoms with van der Waals surface area (Å²) in [7, 11) is 1.97. The lowest BCUT2D eigenvalue weighted by Crippen LogP contribution is -2.40. The van der Waals surface area contributed by atoms with Crippen LogP contribution in [0.25, 0.3) is 0 Å². The standard InChI is InChI=1S/C17H24ClN5S.HI/c1-3-19-17(20-8-6-15-4-5-16(18)24-15)23-9-7-13(12-23)14-10-21-22(2)11-14;/h4-5,10-11,13H,3,6-9,12H2,1-2H3,(H,19,20);1H. The smallest absolute Gasteiger partial charge is 0.193 e. The number of nitrogens with zero attached hydrogens (tertiary/aromatic N) is 4. The fraction of sp³-hybridized carbons (Fsp3) is 0.529. The van der Waals surface area contributed by atoms with Crippen LogP contribution in [0.2, 0.25) is 4.34 Å². The highest BCUT2D eigenvalue weighted by Crippen LogP contribution is 2.26. The molecule has 0 amide bonds. The van der Waals surface area contributed by atoms with Gasteiger partial charge in [-0.2, -0.15) is 5.10 Å². The van der Waals surface area contributed by atoms with E-state index >= 15 is 0 Å². The average molecular weight is 494 g/mol. The van der Waals surface area contributed by atoms with Crippen LogP contribution in [0.5, 0.6) is 0 Å². The van der Waals surface area contributed by atoms with Crippen LogP contribution in [0.3, 0.4) is 0 Å². The summed E-state index contributed by atoms with van der Waals surface area (Å²) in [6.07, 6.45) is 6.19. The lowest BCUT2D eigenvalue weighted by molar-refractivity contribution is 0.486. The van der Waals surface area contributed by atoms with Crippen molar-refractivity contribution in [2.24, 2.45) is 12.0 Å². The van der Waals surface area contributed by atoms with Crippen molar-refractivity contribution in [2.75, 3.05) is 26.2 Å². The molecule has 8 heteroatoms. The van der Waals surface area contributed by atoms with Crippen molar-refractivity contribution in [2.45, 2.75) is 25.7 Å². The molecule has 0 saturated carbocycles. The second-order valence-electron chi connectivity index (χ2n) is 6.07. The third-order valence-electron chi connectivity index (χ3n) is 4.27. The number of rotatable bonds is 5. The van der Waals surface area contributed by atoms with Crippen LogP contribution in [0.15, 0.2) is 29.5 Å². The fourth-order valence-electron chi connectivity index (χ4n) is 3.06. The number of aryl methyl sites for hydroxylation is 1. The van der Waals surface area contributed by atoms with Crippen LogP contribution in [0.4, 0.5) is 0 Å². The molecule has 1 fully saturated rings. The largest absolute Gasteiger partial charge is 0.357 e. The van der Waals surface area contributed by atoms with Crippen LogP contribution >= 0.6 is 46.9 Å². The van der Waals surface area contributed by atoms with E-state index in [1.807, 2.05) is 24.0 Å². The van der Waals surface area contributed by atoms with Gasteiger partial charge in [0.15, 0.2) is 5.96 Å². The molecule has 0 radical (unpaired) electrons. The van der Waals surface area contributed by atoms with Crippen molar-refractivity contribution in [3.8, 4) is 0 Å². The van der Waals surface area contributed by atoms with E-state index in [-0.39, 0.29) is 24.0 Å². The molecule has 0 bridgehead atoms. The summed E-state index contributed by atoms with van der Waals surface area (Å²) >= 11 is 7.62. The van der Waals surface area contributed by atoms with Crippen molar-refractivity contribution in [1.29, 1.82) is 0 Å². The fourth-order valence-corrected chi connectivity index (χ4v) is 4.14. The third kappa shape index (κ3) is 5.59. The Kier molecular flexibility index (Phi) is 8.02. The first-order valence-corrected chi connectivity index (χ1v) is 9.61. The van der Waals surface area contributed by atoms with E-state index in [1.165, 1.54) is 10.4 Å². The SMILES string of the molecule is CCNC(=NCCc1ccc(Cl)s1)N1CCC(c2cnn(C)c2)C1.I. The number of hydrogen-bond donors (Lipinski definition) is 1. The Morgan fingerprint density at radius 3 is 2.96 bits per heavy atom. The molecule has 1 unspecified atom stereocenters. The van der Waals surface area contributed by atoms with E-state index < -0.39 is 0 Å². The number of aromatic nitrogens is 2. The van der Waals surface area contributed by atoms with Gasteiger partial charge < -0.3 is 10.2 Å². The zero-order valence-corrected chi connectivity index (χ0v) is 18.5. The summed E-state index contributed by atoms with van der Waals surface area (Å²) in [4.78, 5) is 8.46. The predicted octanol–water partition coefficient (Wildman–Crippen LogP) is 3.75. The van der Waals surface area contributed by atoms with Crippen molar-refractivity contribution < 1.29 is 0 Å². The van der Waals surface area contributed by atoms with E-state index in [2.05, 4.69) is 34.5 Å². The Bertz CT molecular complexity index is 699. The maximum Gasteiger partial charge on any atom is 0.193 e. The lowest BCUT2D eigenvalue weighted by Gasteiger charge is -2.21. The van der Waals surface area contributed by atoms with Crippen LogP contribution < -0.4 is 5.32 Å². The first-order valence-electron chi connectivity index (χ1n) is 8.41. The second-order valence-corrected chi connectivity index (χ2v) is 7.87. The molecule has 138 valence electrons. The first kappa shape index (κ1) is 20.5. The molecule has 25 heavy (non-hydrogen) atoms. The summed E-state index contributed by atoms with van der Waals surface area (Å²) in [5.74, 6) is 1.56. The first-order chi connectivity index (χ1) is 11.7. The minimum absolute atomic E-state index is 0. The van der Waals surface area contributed by atoms with E-state index in [0.717, 1.165) is 49.3 Å². The average Bonchev–Trinajstić information content (AvgIpc) is 3.27. The molecule has 0 aromatic carbocycles. The van der Waals surface area contributed by atoms with Crippen LogP contribution in [0.1, 0.15) is 29.7 Å². The predicted molar refractivity (Wildman–Crippen MR) is 117 cm³/mol. The summed E-state index contributed by atoms with van der Waals surface area (Å²) in [5.41, 5.74) is 1.32. The summed E-state index contributed by atoms with van der Waals surface area (Å²) < 4.78 is 2.73. The summed E-state index contributed by atoms with van der Waals surface area (Å²) in [6.45, 7) is 5.83. The van der Waals surface area contributed by atoms with Crippen LogP contribution in [0, 0.1) is 0 Å². The van der Waals surface area contributed by atoms with Gasteiger partial charge in [-0.05, 0) is 31.0 Å². The molecule has 1 aliphatic heterocycles. The maximum atomic E-state index is 5.99. The van der Waals surface area contributed by atoms with Gasteiger partial charge >= 0.3 is 0 Å². The highest BCUT2D eigenvalue weighted by atomic mass is 127. The van der Waals surface area contributed by atoms with Crippen molar-refractivity contribution >= 4 is 52.9 Å². The normalized spacial score (nSPS) is 17.6. The molecule has 3 rings (SSSR count). The van der Waals surface area contributed by atoms with Gasteiger partial charge in [-0.3, -0.25) is 9.67 Å². The molecule has 3 heterocycles. The molecular formula is C17H25ClIN5S. The molecule has 1 atom stereocenters. The van der Waals surface area contributed by atoms with Gasteiger partial charge in [0, 0.05) is 56.6 Å². The highest BCUT2D eigenvalue weighted by molar-refractivity contribution is 14.0. The zero-order valence-electron chi connectivity index (χ0n) is 14.6. The molecular weight excluding hydrogens is 469 g/mol. The van der Waals surface area contributed by atoms with Gasteiger partial charge in [-0.1, -0.05) is 11.6 Å². The molecule has 0 spiro atoms. The number of likely N-dealkylation sites (tertiary alicyclic amines) is 1. The number of aliphatic imine (C=N–C) groups is 1. The molecule has 2 aromatic rings. The molecule has 1 N–H and O–H groups in total. The molecule has 5 nitrogen and oxygen atoms in total. The van der Waals surface area contributed by atoms with E-state index in [1.54, 1.807) is 11.3 Å². The molecule has 2 aromatic heterocycles. The highest BCUT2D eigenvalue weighted by Gasteiger charge is 2.26. The number of nitrogens with one attached hydrogen (secondary N) is 1. The van der Waals surface area contributed by atoms with Gasteiger partial charge in [0.25, 0.3) is 0 Å². The number of guanidine groups is 1. The minimum Gasteiger partial charge on any atom is -0.357 e. The van der Waals surface area contributed by atoms with Gasteiger partial charge in [0.05, 0.1) is 10.5 Å². The Hall–Kier alpha value is -0.800. The van der Waals surface area contributed by atoms with Gasteiger partial charge in [-0.15, -0.1) is 35.3 Å². The quantitative estimate of drug-likeness (QED) is 0.392. The van der Waals surface area contributed by atoms with E-state index in [9.17, 15) is 0 Å². The molecule has 1 saturated heterocycles. The topological polar surface area (TPSA) is 45.5 Å². The Morgan fingerprint density at radius 1 is 1.48 bits per heavy atom. The van der Waals surface area contributed by atoms with Crippen LogP contribution in [-0.4, -0.2) is 46.8 Å². The van der Waals surface area contributed by atoms with Gasteiger partial charge in [0.2, 0.25) is 0 Å². The van der Waals surface area contributed by atoms with Gasteiger partial charge in [0.1, 0.15) is 0 Å². The Balaban J connectivity index is 0.00000225. The summed E-state index contributed by atoms with van der Waals surface area (Å²) in [6, 6.07) is 4.04. The maximum absolute atomic E-state index is 5.99. The minimum atomic E-state index is 0. The number of halogens is 2. The molecule has 0 aliphatic carbocycles. The zero-order chi connectivity index (χ0) is 16.9. The number of hydrogen-bond acceptors (Lipinski definition) is 3. The Labute approximate surface area is 175 Å². The van der Waals surface area contributed by atoms with E-state index in [4.69, 9.17) is 16.6 Å². The van der Waals surface area contributed by atoms with Gasteiger partial charge in [-0.25, -0.2) is 0 Å². The number of thiophene rings is 1. The summed E-state index contributed by atoms with van der Waals surface area (Å²) in [5, 5.41) is 7.72. The van der Waals surface area contributed by atoms with Crippen molar-refractivity contribution in [3.63, 3.8) is 0 Å². The Morgan fingerprint density at radius 2 is 2.32 bits per heavy atom. The molecule has 1 aliphatic rings. The monoisotopic (exact) mass is 493 g/mol. The van der Waals surface area contributed by atoms with Crippen molar-refractivity contribution in [3.05, 3.63) is 39.3 Å². The second kappa shape index (κ2) is 9.78.